The van der Waals surface area contributed by atoms with Crippen molar-refractivity contribution in [2.45, 2.75) is 6.42 Å². The van der Waals surface area contributed by atoms with E-state index in [2.05, 4.69) is 10.6 Å². The number of carboxylic acids is 1. The largest absolute Gasteiger partial charge is 0.478 e. The first-order chi connectivity index (χ1) is 8.95. The molecule has 0 aliphatic carbocycles. The molecule has 0 unspecified atom stereocenters. The number of carbonyl (C=O) groups excluding carboxylic acids is 1. The topological polar surface area (TPSA) is 104 Å². The van der Waals surface area contributed by atoms with Crippen LogP contribution >= 0.6 is 23.2 Å². The SMILES string of the molecule is NCCCNC(=O)Nc1c(Cl)cc(C(=O)O)cc1Cl. The van der Waals surface area contributed by atoms with Crippen LogP contribution in [-0.4, -0.2) is 30.2 Å². The van der Waals surface area contributed by atoms with Crippen molar-refractivity contribution in [2.75, 3.05) is 18.4 Å². The molecule has 104 valence electrons. The Balaban J connectivity index is 2.79. The molecule has 0 heterocycles. The normalized spacial score (nSPS) is 10.1. The average molecular weight is 306 g/mol. The number of anilines is 1. The summed E-state index contributed by atoms with van der Waals surface area (Å²) in [6.07, 6.45) is 0.646. The van der Waals surface area contributed by atoms with Crippen LogP contribution < -0.4 is 16.4 Å². The van der Waals surface area contributed by atoms with E-state index < -0.39 is 12.0 Å². The second kappa shape index (κ2) is 7.18. The van der Waals surface area contributed by atoms with Crippen LogP contribution in [0.3, 0.4) is 0 Å². The third kappa shape index (κ3) is 4.59. The van der Waals surface area contributed by atoms with Gasteiger partial charge >= 0.3 is 12.0 Å². The number of carbonyl (C=O) groups is 2. The summed E-state index contributed by atoms with van der Waals surface area (Å²) in [6.45, 7) is 0.889. The van der Waals surface area contributed by atoms with Crippen molar-refractivity contribution in [3.05, 3.63) is 27.7 Å². The molecule has 0 aromatic heterocycles. The van der Waals surface area contributed by atoms with Crippen LogP contribution in [0.1, 0.15) is 16.8 Å². The minimum absolute atomic E-state index is 0.0518. The molecule has 0 bridgehead atoms. The zero-order valence-corrected chi connectivity index (χ0v) is 11.4. The fourth-order valence-corrected chi connectivity index (χ4v) is 1.86. The summed E-state index contributed by atoms with van der Waals surface area (Å²) in [6, 6.07) is 1.94. The first-order valence-corrected chi connectivity index (χ1v) is 6.18. The van der Waals surface area contributed by atoms with Gasteiger partial charge in [0.1, 0.15) is 0 Å². The number of benzene rings is 1. The Bertz CT molecular complexity index is 471. The van der Waals surface area contributed by atoms with Gasteiger partial charge in [-0.3, -0.25) is 0 Å². The number of nitrogens with two attached hydrogens (primary N) is 1. The zero-order valence-electron chi connectivity index (χ0n) is 9.87. The second-order valence-electron chi connectivity index (χ2n) is 3.64. The van der Waals surface area contributed by atoms with E-state index in [0.29, 0.717) is 19.5 Å². The molecule has 0 saturated heterocycles. The van der Waals surface area contributed by atoms with Crippen LogP contribution in [0.15, 0.2) is 12.1 Å². The van der Waals surface area contributed by atoms with E-state index in [1.54, 1.807) is 0 Å². The molecule has 0 atom stereocenters. The highest BCUT2D eigenvalue weighted by atomic mass is 35.5. The van der Waals surface area contributed by atoms with Crippen molar-refractivity contribution < 1.29 is 14.7 Å². The molecule has 6 nitrogen and oxygen atoms in total. The molecule has 2 amide bonds. The molecule has 0 aliphatic heterocycles. The molecule has 0 fully saturated rings. The maximum absolute atomic E-state index is 11.5. The summed E-state index contributed by atoms with van der Waals surface area (Å²) in [5.41, 5.74) is 5.40. The molecule has 8 heteroatoms. The minimum atomic E-state index is -1.15. The van der Waals surface area contributed by atoms with Crippen LogP contribution in [-0.2, 0) is 0 Å². The van der Waals surface area contributed by atoms with Crippen LogP contribution in [0, 0.1) is 0 Å². The molecule has 19 heavy (non-hydrogen) atoms. The van der Waals surface area contributed by atoms with Gasteiger partial charge in [-0.05, 0) is 25.1 Å². The lowest BCUT2D eigenvalue weighted by molar-refractivity contribution is 0.0697. The summed E-state index contributed by atoms with van der Waals surface area (Å²) in [5, 5.41) is 13.9. The van der Waals surface area contributed by atoms with Crippen LogP contribution in [0.4, 0.5) is 10.5 Å². The lowest BCUT2D eigenvalue weighted by Crippen LogP contribution is -2.30. The Labute approximate surface area is 119 Å². The van der Waals surface area contributed by atoms with Crippen LogP contribution in [0.2, 0.25) is 10.0 Å². The molecular weight excluding hydrogens is 293 g/mol. The van der Waals surface area contributed by atoms with Crippen molar-refractivity contribution in [2.24, 2.45) is 5.73 Å². The number of hydrogen-bond acceptors (Lipinski definition) is 3. The van der Waals surface area contributed by atoms with E-state index in [4.69, 9.17) is 34.0 Å². The monoisotopic (exact) mass is 305 g/mol. The van der Waals surface area contributed by atoms with Crippen molar-refractivity contribution in [3.8, 4) is 0 Å². The number of hydrogen-bond donors (Lipinski definition) is 4. The highest BCUT2D eigenvalue weighted by Gasteiger charge is 2.14. The van der Waals surface area contributed by atoms with E-state index in [1.165, 1.54) is 12.1 Å². The summed E-state index contributed by atoms with van der Waals surface area (Å²) >= 11 is 11.7. The van der Waals surface area contributed by atoms with Crippen molar-refractivity contribution >= 4 is 40.9 Å². The third-order valence-electron chi connectivity index (χ3n) is 2.19. The Hall–Kier alpha value is -1.50. The van der Waals surface area contributed by atoms with E-state index in [0.717, 1.165) is 0 Å². The molecule has 0 saturated carbocycles. The quantitative estimate of drug-likeness (QED) is 0.626. The van der Waals surface area contributed by atoms with E-state index in [1.807, 2.05) is 0 Å². The molecule has 0 radical (unpaired) electrons. The van der Waals surface area contributed by atoms with Crippen molar-refractivity contribution in [1.29, 1.82) is 0 Å². The third-order valence-corrected chi connectivity index (χ3v) is 2.79. The van der Waals surface area contributed by atoms with Gasteiger partial charge in [-0.1, -0.05) is 23.2 Å². The summed E-state index contributed by atoms with van der Waals surface area (Å²) in [4.78, 5) is 22.3. The highest BCUT2D eigenvalue weighted by Crippen LogP contribution is 2.31. The van der Waals surface area contributed by atoms with E-state index in [-0.39, 0.29) is 21.3 Å². The Morgan fingerprint density at radius 3 is 2.32 bits per heavy atom. The molecule has 1 aromatic carbocycles. The number of rotatable bonds is 5. The first kappa shape index (κ1) is 15.6. The van der Waals surface area contributed by atoms with Gasteiger partial charge < -0.3 is 21.5 Å². The Morgan fingerprint density at radius 1 is 1.26 bits per heavy atom. The molecule has 5 N–H and O–H groups in total. The van der Waals surface area contributed by atoms with Gasteiger partial charge in [0.15, 0.2) is 0 Å². The maximum atomic E-state index is 11.5. The fraction of sp³-hybridized carbons (Fsp3) is 0.273. The molecule has 0 aliphatic rings. The number of aromatic carboxylic acids is 1. The number of nitrogens with one attached hydrogen (secondary N) is 2. The summed E-state index contributed by atoms with van der Waals surface area (Å²) in [5.74, 6) is -1.15. The van der Waals surface area contributed by atoms with E-state index >= 15 is 0 Å². The number of carboxylic acid groups (broad SMARTS) is 1. The lowest BCUT2D eigenvalue weighted by atomic mass is 10.2. The molecular formula is C11H13Cl2N3O3. The average Bonchev–Trinajstić information content (AvgIpc) is 2.33. The second-order valence-corrected chi connectivity index (χ2v) is 4.46. The number of halogens is 2. The van der Waals surface area contributed by atoms with Gasteiger partial charge in [-0.15, -0.1) is 0 Å². The van der Waals surface area contributed by atoms with Crippen LogP contribution in [0.25, 0.3) is 0 Å². The van der Waals surface area contributed by atoms with Gasteiger partial charge in [0.2, 0.25) is 0 Å². The van der Waals surface area contributed by atoms with Gasteiger partial charge in [0.05, 0.1) is 21.3 Å². The standard InChI is InChI=1S/C11H13Cl2N3O3/c12-7-4-6(10(17)18)5-8(13)9(7)16-11(19)15-3-1-2-14/h4-5H,1-3,14H2,(H,17,18)(H2,15,16,19). The highest BCUT2D eigenvalue weighted by molar-refractivity contribution is 6.40. The zero-order chi connectivity index (χ0) is 14.4. The molecule has 1 aromatic rings. The van der Waals surface area contributed by atoms with Gasteiger partial charge in [0, 0.05) is 6.54 Å². The number of urea groups is 1. The van der Waals surface area contributed by atoms with Gasteiger partial charge in [-0.2, -0.15) is 0 Å². The molecule has 0 spiro atoms. The van der Waals surface area contributed by atoms with Gasteiger partial charge in [-0.25, -0.2) is 9.59 Å². The van der Waals surface area contributed by atoms with Gasteiger partial charge in [0.25, 0.3) is 0 Å². The molecule has 1 rings (SSSR count). The van der Waals surface area contributed by atoms with Crippen molar-refractivity contribution in [1.82, 2.24) is 5.32 Å². The predicted octanol–water partition coefficient (Wildman–Crippen LogP) is 2.16. The maximum Gasteiger partial charge on any atom is 0.335 e. The van der Waals surface area contributed by atoms with Crippen LogP contribution in [0.5, 0.6) is 0 Å². The lowest BCUT2D eigenvalue weighted by Gasteiger charge is -2.11. The fourth-order valence-electron chi connectivity index (χ4n) is 1.28. The smallest absolute Gasteiger partial charge is 0.335 e. The Kier molecular flexibility index (Phi) is 5.88. The Morgan fingerprint density at radius 2 is 1.84 bits per heavy atom. The van der Waals surface area contributed by atoms with Crippen molar-refractivity contribution in [3.63, 3.8) is 0 Å². The summed E-state index contributed by atoms with van der Waals surface area (Å²) in [7, 11) is 0. The minimum Gasteiger partial charge on any atom is -0.478 e. The predicted molar refractivity (Wildman–Crippen MR) is 74.1 cm³/mol. The first-order valence-electron chi connectivity index (χ1n) is 5.43. The van der Waals surface area contributed by atoms with E-state index in [9.17, 15) is 9.59 Å². The number of amides is 2. The summed E-state index contributed by atoms with van der Waals surface area (Å²) < 4.78 is 0.